The molecule has 1 aliphatic carbocycles. The molecule has 0 spiro atoms. The number of hydrogen-bond donors (Lipinski definition) is 0. The van der Waals surface area contributed by atoms with Crippen molar-refractivity contribution in [1.82, 2.24) is 4.90 Å². The largest absolute Gasteiger partial charge is 0.448 e. The third kappa shape index (κ3) is 3.11. The molecule has 2 aliphatic heterocycles. The van der Waals surface area contributed by atoms with Crippen LogP contribution in [0.5, 0.6) is 0 Å². The van der Waals surface area contributed by atoms with Gasteiger partial charge in [-0.25, -0.2) is 4.79 Å². The number of nitrogens with zero attached hydrogens (tertiary/aromatic N) is 2. The Morgan fingerprint density at radius 3 is 2.21 bits per heavy atom. The van der Waals surface area contributed by atoms with Crippen LogP contribution >= 0.6 is 0 Å². The lowest BCUT2D eigenvalue weighted by Gasteiger charge is -2.46. The molecule has 0 N–H and O–H groups in total. The monoisotopic (exact) mass is 384 g/mol. The van der Waals surface area contributed by atoms with Crippen molar-refractivity contribution in [2.45, 2.75) is 50.1 Å². The van der Waals surface area contributed by atoms with Crippen molar-refractivity contribution >= 4 is 6.09 Å². The van der Waals surface area contributed by atoms with Crippen LogP contribution in [0, 0.1) is 11.3 Å². The predicted molar refractivity (Wildman–Crippen MR) is 111 cm³/mol. The predicted octanol–water partition coefficient (Wildman–Crippen LogP) is 5.40. The van der Waals surface area contributed by atoms with Crippen molar-refractivity contribution < 1.29 is 9.53 Å². The van der Waals surface area contributed by atoms with Gasteiger partial charge in [0.1, 0.15) is 6.61 Å². The number of amides is 1. The topological polar surface area (TPSA) is 53.3 Å². The third-order valence-electron chi connectivity index (χ3n) is 6.67. The number of ether oxygens (including phenoxy) is 1. The second-order valence-electron chi connectivity index (χ2n) is 8.29. The van der Waals surface area contributed by atoms with Gasteiger partial charge >= 0.3 is 6.09 Å². The lowest BCUT2D eigenvalue weighted by Crippen LogP contribution is -2.53. The van der Waals surface area contributed by atoms with E-state index >= 15 is 0 Å². The fourth-order valence-corrected chi connectivity index (χ4v) is 5.43. The van der Waals surface area contributed by atoms with Gasteiger partial charge < -0.3 is 9.64 Å². The van der Waals surface area contributed by atoms with Crippen LogP contribution in [0.15, 0.2) is 60.2 Å². The lowest BCUT2D eigenvalue weighted by molar-refractivity contribution is 0.0338. The third-order valence-corrected chi connectivity index (χ3v) is 6.67. The van der Waals surface area contributed by atoms with Gasteiger partial charge in [-0.1, -0.05) is 54.1 Å². The molecule has 3 aliphatic rings. The number of carbonyl (C=O) groups excluding carboxylic acids is 1. The van der Waals surface area contributed by atoms with Gasteiger partial charge in [-0.3, -0.25) is 0 Å². The standard InChI is InChI=1S/C25H24N2O2/c26-13-12-17-14-18-6-5-7-19(15-17)27(18)25(28)29-16-24-22-10-3-1-8-20(22)21-9-2-4-11-23(21)24/h1-4,8-12,18-19,24H,5-7,14-16H2. The first-order chi connectivity index (χ1) is 14.3. The van der Waals surface area contributed by atoms with Gasteiger partial charge in [0.05, 0.1) is 6.07 Å². The highest BCUT2D eigenvalue weighted by Gasteiger charge is 2.40. The summed E-state index contributed by atoms with van der Waals surface area (Å²) in [7, 11) is 0. The van der Waals surface area contributed by atoms with Crippen molar-refractivity contribution in [2.75, 3.05) is 6.61 Å². The molecule has 2 saturated heterocycles. The van der Waals surface area contributed by atoms with Gasteiger partial charge in [0.15, 0.2) is 0 Å². The molecule has 0 saturated carbocycles. The fraction of sp³-hybridized carbons (Fsp3) is 0.360. The molecule has 29 heavy (non-hydrogen) atoms. The van der Waals surface area contributed by atoms with Gasteiger partial charge in [0.2, 0.25) is 0 Å². The van der Waals surface area contributed by atoms with Crippen molar-refractivity contribution in [3.8, 4) is 17.2 Å². The summed E-state index contributed by atoms with van der Waals surface area (Å²) in [5, 5.41) is 8.99. The molecule has 5 rings (SSSR count). The van der Waals surface area contributed by atoms with E-state index in [4.69, 9.17) is 10.00 Å². The molecule has 2 bridgehead atoms. The van der Waals surface area contributed by atoms with Crippen LogP contribution in [-0.2, 0) is 4.74 Å². The second-order valence-corrected chi connectivity index (χ2v) is 8.29. The lowest BCUT2D eigenvalue weighted by atomic mass is 9.82. The molecule has 0 aromatic heterocycles. The van der Waals surface area contributed by atoms with Gasteiger partial charge in [-0.05, 0) is 54.4 Å². The maximum Gasteiger partial charge on any atom is 0.410 e. The summed E-state index contributed by atoms with van der Waals surface area (Å²) in [6, 6.07) is 19.3. The number of rotatable bonds is 2. The number of benzene rings is 2. The van der Waals surface area contributed by atoms with E-state index in [0.717, 1.165) is 32.1 Å². The van der Waals surface area contributed by atoms with Gasteiger partial charge in [-0.15, -0.1) is 0 Å². The zero-order valence-corrected chi connectivity index (χ0v) is 16.4. The molecule has 2 heterocycles. The van der Waals surface area contributed by atoms with Gasteiger partial charge in [0.25, 0.3) is 0 Å². The Bertz CT molecular complexity index is 958. The highest BCUT2D eigenvalue weighted by Crippen LogP contribution is 2.45. The Balaban J connectivity index is 1.34. The van der Waals surface area contributed by atoms with E-state index in [9.17, 15) is 4.79 Å². The zero-order valence-electron chi connectivity index (χ0n) is 16.4. The normalized spacial score (nSPS) is 22.4. The molecule has 2 fully saturated rings. The summed E-state index contributed by atoms with van der Waals surface area (Å²) in [4.78, 5) is 15.0. The maximum atomic E-state index is 13.1. The molecule has 2 aromatic rings. The number of piperidine rings is 2. The van der Waals surface area contributed by atoms with Crippen LogP contribution in [0.4, 0.5) is 4.79 Å². The average molecular weight is 384 g/mol. The minimum absolute atomic E-state index is 0.0880. The summed E-state index contributed by atoms with van der Waals surface area (Å²) < 4.78 is 5.91. The van der Waals surface area contributed by atoms with E-state index in [1.165, 1.54) is 27.8 Å². The Kier molecular flexibility index (Phi) is 4.60. The molecule has 4 heteroatoms. The SMILES string of the molecule is N#CC=C1CC2CCCC(C1)N2C(=O)OCC1c2ccccc2-c2ccccc21. The summed E-state index contributed by atoms with van der Waals surface area (Å²) in [6.45, 7) is 0.365. The second kappa shape index (κ2) is 7.40. The summed E-state index contributed by atoms with van der Waals surface area (Å²) in [6.07, 6.45) is 6.19. The molecule has 1 amide bonds. The molecule has 4 nitrogen and oxygen atoms in total. The molecule has 2 aromatic carbocycles. The van der Waals surface area contributed by atoms with E-state index in [1.54, 1.807) is 6.08 Å². The smallest absolute Gasteiger partial charge is 0.410 e. The summed E-state index contributed by atoms with van der Waals surface area (Å²) >= 11 is 0. The van der Waals surface area contributed by atoms with E-state index < -0.39 is 0 Å². The Hall–Kier alpha value is -3.06. The van der Waals surface area contributed by atoms with Crippen LogP contribution in [0.3, 0.4) is 0 Å². The quantitative estimate of drug-likeness (QED) is 0.651. The van der Waals surface area contributed by atoms with Gasteiger partial charge in [0, 0.05) is 24.1 Å². The van der Waals surface area contributed by atoms with Crippen molar-refractivity contribution in [3.63, 3.8) is 0 Å². The molecular formula is C25H24N2O2. The molecule has 0 radical (unpaired) electrons. The van der Waals surface area contributed by atoms with E-state index in [1.807, 2.05) is 4.90 Å². The summed E-state index contributed by atoms with van der Waals surface area (Å²) in [5.74, 6) is 0.0880. The van der Waals surface area contributed by atoms with Crippen LogP contribution < -0.4 is 0 Å². The highest BCUT2D eigenvalue weighted by molar-refractivity contribution is 5.79. The molecular weight excluding hydrogens is 360 g/mol. The average Bonchev–Trinajstić information content (AvgIpc) is 3.05. The van der Waals surface area contributed by atoms with Crippen molar-refractivity contribution in [1.29, 1.82) is 5.26 Å². The number of hydrogen-bond acceptors (Lipinski definition) is 3. The van der Waals surface area contributed by atoms with Crippen LogP contribution in [0.2, 0.25) is 0 Å². The van der Waals surface area contributed by atoms with Crippen LogP contribution in [0.25, 0.3) is 11.1 Å². The Morgan fingerprint density at radius 1 is 1.03 bits per heavy atom. The zero-order chi connectivity index (χ0) is 19.8. The van der Waals surface area contributed by atoms with Crippen molar-refractivity contribution in [3.05, 3.63) is 71.3 Å². The van der Waals surface area contributed by atoms with E-state index in [0.29, 0.717) is 6.61 Å². The highest BCUT2D eigenvalue weighted by atomic mass is 16.6. The molecule has 2 unspecified atom stereocenters. The minimum atomic E-state index is -0.197. The van der Waals surface area contributed by atoms with Crippen LogP contribution in [0.1, 0.15) is 49.1 Å². The number of fused-ring (bicyclic) bond motifs is 5. The Morgan fingerprint density at radius 2 is 1.62 bits per heavy atom. The first-order valence-corrected chi connectivity index (χ1v) is 10.5. The van der Waals surface area contributed by atoms with Gasteiger partial charge in [-0.2, -0.15) is 5.26 Å². The van der Waals surface area contributed by atoms with Crippen LogP contribution in [-0.4, -0.2) is 29.7 Å². The summed E-state index contributed by atoms with van der Waals surface area (Å²) in [5.41, 5.74) is 6.12. The van der Waals surface area contributed by atoms with Crippen molar-refractivity contribution in [2.24, 2.45) is 0 Å². The van der Waals surface area contributed by atoms with E-state index in [2.05, 4.69) is 54.6 Å². The Labute approximate surface area is 171 Å². The molecule has 146 valence electrons. The first-order valence-electron chi connectivity index (χ1n) is 10.5. The number of allylic oxidation sites excluding steroid dienone is 1. The first kappa shape index (κ1) is 18.0. The van der Waals surface area contributed by atoms with E-state index in [-0.39, 0.29) is 24.1 Å². The number of nitriles is 1. The molecule has 2 atom stereocenters. The minimum Gasteiger partial charge on any atom is -0.448 e. The fourth-order valence-electron chi connectivity index (χ4n) is 5.43. The number of carbonyl (C=O) groups is 1. The maximum absolute atomic E-state index is 13.1.